The molecule has 1 heterocycles. The minimum absolute atomic E-state index is 0.0632. The maximum atomic E-state index is 11.6. The second kappa shape index (κ2) is 7.27. The molecule has 0 unspecified atom stereocenters. The van der Waals surface area contributed by atoms with Crippen LogP contribution in [0.2, 0.25) is 0 Å². The van der Waals surface area contributed by atoms with E-state index in [9.17, 15) is 9.59 Å². The third-order valence-electron chi connectivity index (χ3n) is 3.01. The smallest absolute Gasteiger partial charge is 0.220 e. The van der Waals surface area contributed by atoms with E-state index in [0.29, 0.717) is 25.3 Å². The minimum atomic E-state index is -0.323. The summed E-state index contributed by atoms with van der Waals surface area (Å²) in [7, 11) is 0. The number of nitrogens with two attached hydrogens (primary N) is 1. The van der Waals surface area contributed by atoms with Crippen molar-refractivity contribution in [3.05, 3.63) is 0 Å². The molecular formula is C12H22N2O3. The Labute approximate surface area is 102 Å². The van der Waals surface area contributed by atoms with Crippen molar-refractivity contribution in [3.63, 3.8) is 0 Å². The van der Waals surface area contributed by atoms with E-state index in [1.807, 2.05) is 6.92 Å². The highest BCUT2D eigenvalue weighted by Gasteiger charge is 2.17. The summed E-state index contributed by atoms with van der Waals surface area (Å²) >= 11 is 0. The highest BCUT2D eigenvalue weighted by molar-refractivity contribution is 5.76. The Morgan fingerprint density at radius 2 is 2.06 bits per heavy atom. The second-order valence-corrected chi connectivity index (χ2v) is 4.84. The van der Waals surface area contributed by atoms with Crippen LogP contribution in [0, 0.1) is 11.8 Å². The van der Waals surface area contributed by atoms with E-state index >= 15 is 0 Å². The van der Waals surface area contributed by atoms with Crippen molar-refractivity contribution >= 4 is 11.8 Å². The van der Waals surface area contributed by atoms with E-state index in [1.165, 1.54) is 0 Å². The lowest BCUT2D eigenvalue weighted by Gasteiger charge is -2.21. The van der Waals surface area contributed by atoms with Crippen LogP contribution in [0.3, 0.4) is 0 Å². The van der Waals surface area contributed by atoms with Crippen molar-refractivity contribution in [2.24, 2.45) is 17.6 Å². The molecule has 0 aromatic carbocycles. The number of hydrogen-bond acceptors (Lipinski definition) is 3. The van der Waals surface area contributed by atoms with Gasteiger partial charge in [0.25, 0.3) is 0 Å². The molecule has 5 heteroatoms. The molecule has 0 aliphatic carbocycles. The molecule has 0 aromatic rings. The van der Waals surface area contributed by atoms with Crippen LogP contribution in [0.1, 0.15) is 32.6 Å². The van der Waals surface area contributed by atoms with E-state index < -0.39 is 0 Å². The number of rotatable bonds is 6. The molecule has 5 nitrogen and oxygen atoms in total. The Bertz CT molecular complexity index is 262. The largest absolute Gasteiger partial charge is 0.381 e. The van der Waals surface area contributed by atoms with Gasteiger partial charge in [-0.3, -0.25) is 9.59 Å². The second-order valence-electron chi connectivity index (χ2n) is 4.84. The van der Waals surface area contributed by atoms with Crippen LogP contribution in [-0.2, 0) is 14.3 Å². The molecule has 1 aliphatic heterocycles. The van der Waals surface area contributed by atoms with Gasteiger partial charge in [-0.05, 0) is 24.7 Å². The molecule has 0 bridgehead atoms. The molecular weight excluding hydrogens is 220 g/mol. The predicted molar refractivity (Wildman–Crippen MR) is 64.1 cm³/mol. The number of hydrogen-bond donors (Lipinski definition) is 2. The first kappa shape index (κ1) is 14.0. The Hall–Kier alpha value is -1.10. The first-order chi connectivity index (χ1) is 8.08. The molecule has 0 radical (unpaired) electrons. The summed E-state index contributed by atoms with van der Waals surface area (Å²) in [4.78, 5) is 22.3. The highest BCUT2D eigenvalue weighted by Crippen LogP contribution is 2.18. The molecule has 1 aliphatic rings. The van der Waals surface area contributed by atoms with Gasteiger partial charge in [0.2, 0.25) is 11.8 Å². The van der Waals surface area contributed by atoms with Crippen LogP contribution in [0.25, 0.3) is 0 Å². The average Bonchev–Trinajstić information content (AvgIpc) is 2.27. The van der Waals surface area contributed by atoms with Gasteiger partial charge < -0.3 is 15.8 Å². The van der Waals surface area contributed by atoms with Crippen LogP contribution in [0.15, 0.2) is 0 Å². The maximum Gasteiger partial charge on any atom is 0.220 e. The van der Waals surface area contributed by atoms with Gasteiger partial charge in [0.1, 0.15) is 0 Å². The highest BCUT2D eigenvalue weighted by atomic mass is 16.5. The molecule has 0 saturated carbocycles. The van der Waals surface area contributed by atoms with Crippen molar-refractivity contribution in [1.82, 2.24) is 5.32 Å². The zero-order valence-electron chi connectivity index (χ0n) is 10.4. The van der Waals surface area contributed by atoms with Gasteiger partial charge in [0, 0.05) is 32.6 Å². The lowest BCUT2D eigenvalue weighted by atomic mass is 9.96. The summed E-state index contributed by atoms with van der Waals surface area (Å²) in [6.45, 7) is 3.94. The zero-order chi connectivity index (χ0) is 12.7. The summed E-state index contributed by atoms with van der Waals surface area (Å²) in [5.41, 5.74) is 5.08. The van der Waals surface area contributed by atoms with Crippen LogP contribution in [-0.4, -0.2) is 31.6 Å². The van der Waals surface area contributed by atoms with Gasteiger partial charge in [-0.2, -0.15) is 0 Å². The molecule has 2 amide bonds. The summed E-state index contributed by atoms with van der Waals surface area (Å²) in [5.74, 6) is 0.283. The quantitative estimate of drug-likeness (QED) is 0.708. The van der Waals surface area contributed by atoms with Crippen molar-refractivity contribution in [1.29, 1.82) is 0 Å². The van der Waals surface area contributed by atoms with Crippen LogP contribution in [0.5, 0.6) is 0 Å². The molecule has 1 saturated heterocycles. The molecule has 1 atom stereocenters. The monoisotopic (exact) mass is 242 g/mol. The molecule has 0 spiro atoms. The number of amides is 2. The Morgan fingerprint density at radius 1 is 1.41 bits per heavy atom. The van der Waals surface area contributed by atoms with E-state index in [0.717, 1.165) is 26.1 Å². The molecule has 1 rings (SSSR count). The molecule has 98 valence electrons. The van der Waals surface area contributed by atoms with E-state index in [4.69, 9.17) is 10.5 Å². The van der Waals surface area contributed by atoms with Crippen molar-refractivity contribution in [3.8, 4) is 0 Å². The minimum Gasteiger partial charge on any atom is -0.381 e. The third kappa shape index (κ3) is 6.26. The number of nitrogens with one attached hydrogen (secondary N) is 1. The topological polar surface area (TPSA) is 81.4 Å². The number of ether oxygens (including phenoxy) is 1. The van der Waals surface area contributed by atoms with Crippen molar-refractivity contribution < 1.29 is 14.3 Å². The van der Waals surface area contributed by atoms with Crippen LogP contribution in [0.4, 0.5) is 0 Å². The van der Waals surface area contributed by atoms with Crippen molar-refractivity contribution in [2.75, 3.05) is 19.8 Å². The SMILES string of the molecule is C[C@H](CNC(=O)CC1CCOCC1)CC(N)=O. The molecule has 3 N–H and O–H groups in total. The molecule has 0 aromatic heterocycles. The lowest BCUT2D eigenvalue weighted by Crippen LogP contribution is -2.32. The van der Waals surface area contributed by atoms with Gasteiger partial charge in [0.05, 0.1) is 0 Å². The van der Waals surface area contributed by atoms with E-state index in [1.54, 1.807) is 0 Å². The first-order valence-corrected chi connectivity index (χ1v) is 6.20. The van der Waals surface area contributed by atoms with Gasteiger partial charge in [-0.15, -0.1) is 0 Å². The Kier molecular flexibility index (Phi) is 5.97. The summed E-state index contributed by atoms with van der Waals surface area (Å²) in [6.07, 6.45) is 2.80. The zero-order valence-corrected chi connectivity index (χ0v) is 10.4. The summed E-state index contributed by atoms with van der Waals surface area (Å²) in [6, 6.07) is 0. The first-order valence-electron chi connectivity index (χ1n) is 6.20. The molecule has 1 fully saturated rings. The van der Waals surface area contributed by atoms with Crippen LogP contribution >= 0.6 is 0 Å². The Morgan fingerprint density at radius 3 is 2.65 bits per heavy atom. The van der Waals surface area contributed by atoms with E-state index in [2.05, 4.69) is 5.32 Å². The van der Waals surface area contributed by atoms with Gasteiger partial charge >= 0.3 is 0 Å². The fraction of sp³-hybridized carbons (Fsp3) is 0.833. The third-order valence-corrected chi connectivity index (χ3v) is 3.01. The Balaban J connectivity index is 2.13. The fourth-order valence-electron chi connectivity index (χ4n) is 1.99. The number of carbonyl (C=O) groups excluding carboxylic acids is 2. The van der Waals surface area contributed by atoms with Gasteiger partial charge in [-0.1, -0.05) is 6.92 Å². The normalized spacial score (nSPS) is 18.6. The van der Waals surface area contributed by atoms with E-state index in [-0.39, 0.29) is 17.7 Å². The fourth-order valence-corrected chi connectivity index (χ4v) is 1.99. The average molecular weight is 242 g/mol. The summed E-state index contributed by atoms with van der Waals surface area (Å²) < 4.78 is 5.24. The summed E-state index contributed by atoms with van der Waals surface area (Å²) in [5, 5.41) is 2.85. The van der Waals surface area contributed by atoms with Crippen molar-refractivity contribution in [2.45, 2.75) is 32.6 Å². The maximum absolute atomic E-state index is 11.6. The van der Waals surface area contributed by atoms with Gasteiger partial charge in [-0.25, -0.2) is 0 Å². The molecule has 17 heavy (non-hydrogen) atoms. The lowest BCUT2D eigenvalue weighted by molar-refractivity contribution is -0.123. The van der Waals surface area contributed by atoms with Gasteiger partial charge in [0.15, 0.2) is 0 Å². The predicted octanol–water partition coefficient (Wildman–Crippen LogP) is 0.431. The standard InChI is InChI=1S/C12H22N2O3/c1-9(6-11(13)15)8-14-12(16)7-10-2-4-17-5-3-10/h9-10H,2-8H2,1H3,(H2,13,15)(H,14,16)/t9-/m0/s1. The number of carbonyl (C=O) groups is 2. The number of primary amides is 1. The van der Waals surface area contributed by atoms with Crippen LogP contribution < -0.4 is 11.1 Å².